The first-order chi connectivity index (χ1) is 13.7. The largest absolute Gasteiger partial charge is 0.393 e. The monoisotopic (exact) mass is 402 g/mol. The highest BCUT2D eigenvalue weighted by atomic mass is 16.3. The second-order valence-electron chi connectivity index (χ2n) is 13.0. The van der Waals surface area contributed by atoms with Crippen LogP contribution in [0.15, 0.2) is 0 Å². The standard InChI is InChI=1S/C28H50O/c1-7-19(2)8-9-20(3)23-13-16-28(6)25-11-10-21-18-22(29)12-15-26(21,4)24(25)14-17-27(23,28)5/h19-25,29H,7-18H2,1-6H3/t19-,20+,21-,22-,23+,24-,25+,26-,27+,28-/m0/s1. The lowest BCUT2D eigenvalue weighted by molar-refractivity contribution is -0.165. The molecule has 10 atom stereocenters. The van der Waals surface area contributed by atoms with Crippen LogP contribution in [0.1, 0.15) is 119 Å². The molecule has 0 aromatic heterocycles. The molecule has 1 heteroatoms. The van der Waals surface area contributed by atoms with Crippen molar-refractivity contribution in [3.05, 3.63) is 0 Å². The molecule has 0 bridgehead atoms. The fraction of sp³-hybridized carbons (Fsp3) is 1.00. The van der Waals surface area contributed by atoms with Crippen molar-refractivity contribution in [2.24, 2.45) is 51.8 Å². The molecule has 4 aliphatic rings. The Morgan fingerprint density at radius 1 is 0.828 bits per heavy atom. The minimum absolute atomic E-state index is 0.0173. The van der Waals surface area contributed by atoms with Gasteiger partial charge in [-0.15, -0.1) is 0 Å². The highest BCUT2D eigenvalue weighted by Gasteiger charge is 2.65. The highest BCUT2D eigenvalue weighted by molar-refractivity contribution is 5.14. The Morgan fingerprint density at radius 2 is 1.55 bits per heavy atom. The van der Waals surface area contributed by atoms with Gasteiger partial charge in [0.15, 0.2) is 0 Å². The van der Waals surface area contributed by atoms with E-state index in [4.69, 9.17) is 0 Å². The fourth-order valence-electron chi connectivity index (χ4n) is 9.55. The molecule has 4 aliphatic carbocycles. The summed E-state index contributed by atoms with van der Waals surface area (Å²) in [5.41, 5.74) is 1.61. The van der Waals surface area contributed by atoms with E-state index >= 15 is 0 Å². The van der Waals surface area contributed by atoms with Crippen LogP contribution in [0.3, 0.4) is 0 Å². The first-order valence-electron chi connectivity index (χ1n) is 13.3. The molecular weight excluding hydrogens is 352 g/mol. The third-order valence-electron chi connectivity index (χ3n) is 12.1. The van der Waals surface area contributed by atoms with Gasteiger partial charge in [0.2, 0.25) is 0 Å². The fourth-order valence-corrected chi connectivity index (χ4v) is 9.55. The second kappa shape index (κ2) is 7.83. The van der Waals surface area contributed by atoms with E-state index in [-0.39, 0.29) is 6.10 Å². The molecule has 29 heavy (non-hydrogen) atoms. The normalized spacial score (nSPS) is 51.6. The van der Waals surface area contributed by atoms with Crippen molar-refractivity contribution in [2.75, 3.05) is 0 Å². The smallest absolute Gasteiger partial charge is 0.0543 e. The molecule has 0 spiro atoms. The van der Waals surface area contributed by atoms with Gasteiger partial charge >= 0.3 is 0 Å². The molecular formula is C28H50O. The number of aliphatic hydroxyl groups is 1. The summed E-state index contributed by atoms with van der Waals surface area (Å²) >= 11 is 0. The molecule has 0 radical (unpaired) electrons. The zero-order chi connectivity index (χ0) is 21.0. The van der Waals surface area contributed by atoms with Crippen LogP contribution in [0.5, 0.6) is 0 Å². The van der Waals surface area contributed by atoms with Crippen LogP contribution in [-0.4, -0.2) is 11.2 Å². The van der Waals surface area contributed by atoms with Gasteiger partial charge in [0.25, 0.3) is 0 Å². The quantitative estimate of drug-likeness (QED) is 0.496. The maximum Gasteiger partial charge on any atom is 0.0543 e. The summed E-state index contributed by atoms with van der Waals surface area (Å²) in [5, 5.41) is 10.3. The molecule has 1 nitrogen and oxygen atoms in total. The van der Waals surface area contributed by atoms with E-state index in [1.807, 2.05) is 0 Å². The van der Waals surface area contributed by atoms with Gasteiger partial charge < -0.3 is 5.11 Å². The van der Waals surface area contributed by atoms with Gasteiger partial charge in [0, 0.05) is 0 Å². The molecule has 4 rings (SSSR count). The minimum atomic E-state index is -0.0173. The molecule has 0 aromatic rings. The predicted octanol–water partition coefficient (Wildman–Crippen LogP) is 7.86. The Balaban J connectivity index is 1.53. The van der Waals surface area contributed by atoms with E-state index in [1.54, 1.807) is 0 Å². The van der Waals surface area contributed by atoms with Gasteiger partial charge in [-0.25, -0.2) is 0 Å². The van der Waals surface area contributed by atoms with E-state index in [9.17, 15) is 5.11 Å². The lowest BCUT2D eigenvalue weighted by atomic mass is 9.40. The lowest BCUT2D eigenvalue weighted by Crippen LogP contribution is -2.58. The Kier molecular flexibility index (Phi) is 5.98. The average Bonchev–Trinajstić information content (AvgIpc) is 2.98. The number of hydrogen-bond acceptors (Lipinski definition) is 1. The van der Waals surface area contributed by atoms with Crippen molar-refractivity contribution in [2.45, 2.75) is 125 Å². The third kappa shape index (κ3) is 3.35. The Bertz CT molecular complexity index is 585. The van der Waals surface area contributed by atoms with Gasteiger partial charge in [-0.1, -0.05) is 60.8 Å². The number of aliphatic hydroxyl groups excluding tert-OH is 1. The average molecular weight is 403 g/mol. The van der Waals surface area contributed by atoms with Crippen LogP contribution in [0.2, 0.25) is 0 Å². The molecule has 168 valence electrons. The van der Waals surface area contributed by atoms with Crippen molar-refractivity contribution in [3.8, 4) is 0 Å². The molecule has 0 amide bonds. The molecule has 0 unspecified atom stereocenters. The van der Waals surface area contributed by atoms with Crippen molar-refractivity contribution < 1.29 is 5.11 Å². The van der Waals surface area contributed by atoms with Gasteiger partial charge in [0.1, 0.15) is 0 Å². The lowest BCUT2D eigenvalue weighted by Gasteiger charge is -2.65. The van der Waals surface area contributed by atoms with Crippen LogP contribution in [0.4, 0.5) is 0 Å². The Hall–Kier alpha value is -0.0400. The van der Waals surface area contributed by atoms with Crippen molar-refractivity contribution >= 4 is 0 Å². The molecule has 0 aliphatic heterocycles. The minimum Gasteiger partial charge on any atom is -0.393 e. The van der Waals surface area contributed by atoms with Crippen molar-refractivity contribution in [3.63, 3.8) is 0 Å². The van der Waals surface area contributed by atoms with Crippen molar-refractivity contribution in [1.82, 2.24) is 0 Å². The van der Waals surface area contributed by atoms with Crippen LogP contribution < -0.4 is 0 Å². The van der Waals surface area contributed by atoms with Crippen LogP contribution >= 0.6 is 0 Å². The summed E-state index contributed by atoms with van der Waals surface area (Å²) < 4.78 is 0. The summed E-state index contributed by atoms with van der Waals surface area (Å²) in [6, 6.07) is 0. The summed E-state index contributed by atoms with van der Waals surface area (Å²) in [7, 11) is 0. The first-order valence-corrected chi connectivity index (χ1v) is 13.3. The van der Waals surface area contributed by atoms with Gasteiger partial charge in [-0.3, -0.25) is 0 Å². The number of fused-ring (bicyclic) bond motifs is 5. The van der Waals surface area contributed by atoms with E-state index < -0.39 is 0 Å². The number of rotatable bonds is 5. The summed E-state index contributed by atoms with van der Waals surface area (Å²) in [5.74, 6) is 5.36. The molecule has 1 N–H and O–H groups in total. The van der Waals surface area contributed by atoms with Crippen LogP contribution in [-0.2, 0) is 0 Å². The van der Waals surface area contributed by atoms with E-state index in [2.05, 4.69) is 41.5 Å². The maximum atomic E-state index is 10.3. The van der Waals surface area contributed by atoms with Gasteiger partial charge in [-0.2, -0.15) is 0 Å². The van der Waals surface area contributed by atoms with E-state index in [1.165, 1.54) is 64.2 Å². The molecule has 0 heterocycles. The zero-order valence-electron chi connectivity index (χ0n) is 20.5. The third-order valence-corrected chi connectivity index (χ3v) is 12.1. The Labute approximate surface area is 181 Å². The van der Waals surface area contributed by atoms with Gasteiger partial charge in [0.05, 0.1) is 6.10 Å². The maximum absolute atomic E-state index is 10.3. The summed E-state index contributed by atoms with van der Waals surface area (Å²) in [6.45, 7) is 15.5. The molecule has 0 saturated heterocycles. The molecule has 4 fully saturated rings. The predicted molar refractivity (Wildman–Crippen MR) is 124 cm³/mol. The van der Waals surface area contributed by atoms with Crippen molar-refractivity contribution in [1.29, 1.82) is 0 Å². The summed E-state index contributed by atoms with van der Waals surface area (Å²) in [6.07, 6.45) is 16.3. The summed E-state index contributed by atoms with van der Waals surface area (Å²) in [4.78, 5) is 0. The first kappa shape index (κ1) is 22.2. The molecule has 4 saturated carbocycles. The highest BCUT2D eigenvalue weighted by Crippen LogP contribution is 2.73. The van der Waals surface area contributed by atoms with Gasteiger partial charge in [-0.05, 0) is 110 Å². The van der Waals surface area contributed by atoms with E-state index in [0.717, 1.165) is 48.3 Å². The van der Waals surface area contributed by atoms with Crippen LogP contribution in [0, 0.1) is 51.8 Å². The zero-order valence-corrected chi connectivity index (χ0v) is 20.5. The topological polar surface area (TPSA) is 20.2 Å². The number of hydrogen-bond donors (Lipinski definition) is 1. The second-order valence-corrected chi connectivity index (χ2v) is 13.0. The Morgan fingerprint density at radius 3 is 2.28 bits per heavy atom. The SMILES string of the molecule is CC[C@H](C)CC[C@@H](C)[C@H]1CC[C@@]2(C)[C@@H]3CC[C@H]4C[C@@H](O)CC[C@]4(C)[C@H]3CC[C@]12C. The molecule has 0 aromatic carbocycles. The van der Waals surface area contributed by atoms with Crippen LogP contribution in [0.25, 0.3) is 0 Å². The van der Waals surface area contributed by atoms with E-state index in [0.29, 0.717) is 16.2 Å².